The quantitative estimate of drug-likeness (QED) is 0.490. The van der Waals surface area contributed by atoms with E-state index in [4.69, 9.17) is 4.98 Å². The van der Waals surface area contributed by atoms with Gasteiger partial charge in [-0.05, 0) is 43.3 Å². The lowest BCUT2D eigenvalue weighted by atomic mass is 10.2. The number of aryl methyl sites for hydroxylation is 1. The minimum atomic E-state index is -0.669. The molecule has 1 aliphatic rings. The van der Waals surface area contributed by atoms with E-state index in [0.29, 0.717) is 32.7 Å². The minimum absolute atomic E-state index is 0.160. The predicted molar refractivity (Wildman–Crippen MR) is 126 cm³/mol. The molecule has 1 N–H and O–H groups in total. The third-order valence-corrected chi connectivity index (χ3v) is 5.97. The van der Waals surface area contributed by atoms with E-state index in [1.165, 1.54) is 5.56 Å². The molecule has 1 fully saturated rings. The van der Waals surface area contributed by atoms with Gasteiger partial charge in [-0.25, -0.2) is 23.5 Å². The minimum Gasteiger partial charge on any atom is -0.322 e. The summed E-state index contributed by atoms with van der Waals surface area (Å²) in [6, 6.07) is 14.6. The van der Waals surface area contributed by atoms with Gasteiger partial charge in [0.25, 0.3) is 0 Å². The van der Waals surface area contributed by atoms with Gasteiger partial charge in [0.15, 0.2) is 5.65 Å². The number of hydrogen-bond acceptors (Lipinski definition) is 4. The number of carbonyl (C=O) groups is 1. The summed E-state index contributed by atoms with van der Waals surface area (Å²) in [5.74, 6) is -0.401. The number of anilines is 1. The third-order valence-electron chi connectivity index (χ3n) is 5.97. The van der Waals surface area contributed by atoms with Gasteiger partial charge in [-0.3, -0.25) is 9.47 Å². The number of rotatable bonds is 4. The Hall–Kier alpha value is -3.85. The van der Waals surface area contributed by atoms with Crippen LogP contribution < -0.4 is 5.32 Å². The molecule has 9 heteroatoms. The molecule has 2 aromatic carbocycles. The van der Waals surface area contributed by atoms with Gasteiger partial charge in [0.1, 0.15) is 23.0 Å². The molecule has 4 aromatic rings. The number of urea groups is 1. The molecule has 34 heavy (non-hydrogen) atoms. The Morgan fingerprint density at radius 2 is 1.79 bits per heavy atom. The smallest absolute Gasteiger partial charge is 0.322 e. The highest BCUT2D eigenvalue weighted by molar-refractivity contribution is 5.89. The number of pyridine rings is 1. The largest absolute Gasteiger partial charge is 0.322 e. The molecule has 0 radical (unpaired) electrons. The lowest BCUT2D eigenvalue weighted by molar-refractivity contribution is 0.140. The molecule has 2 amide bonds. The van der Waals surface area contributed by atoms with Gasteiger partial charge in [0.2, 0.25) is 0 Å². The monoisotopic (exact) mass is 462 g/mol. The lowest BCUT2D eigenvalue weighted by Crippen LogP contribution is -2.49. The van der Waals surface area contributed by atoms with Crippen LogP contribution in [0.25, 0.3) is 16.9 Å². The standard InChI is InChI=1S/C25H24F2N6O/c1-17-4-7-19(8-5-17)33-23(29-21-3-2-10-28-24(21)33)16-31-11-13-32(14-12-31)25(34)30-22-15-18(26)6-9-20(22)27/h2-10,15H,11-14,16H2,1H3,(H,30,34). The molecule has 5 rings (SSSR count). The average molecular weight is 463 g/mol. The van der Waals surface area contributed by atoms with Gasteiger partial charge in [-0.1, -0.05) is 17.7 Å². The second-order valence-corrected chi connectivity index (χ2v) is 8.36. The molecular formula is C25H24F2N6O. The van der Waals surface area contributed by atoms with Crippen LogP contribution in [-0.4, -0.2) is 56.5 Å². The maximum atomic E-state index is 13.9. The van der Waals surface area contributed by atoms with Gasteiger partial charge in [0.05, 0.1) is 12.2 Å². The molecule has 2 aromatic heterocycles. The van der Waals surface area contributed by atoms with Crippen LogP contribution in [0.1, 0.15) is 11.4 Å². The molecule has 1 aliphatic heterocycles. The third kappa shape index (κ3) is 4.47. The van der Waals surface area contributed by atoms with Crippen LogP contribution in [0.3, 0.4) is 0 Å². The second kappa shape index (κ2) is 9.18. The molecule has 3 heterocycles. The molecule has 0 atom stereocenters. The zero-order valence-electron chi connectivity index (χ0n) is 18.7. The van der Waals surface area contributed by atoms with Crippen molar-refractivity contribution >= 4 is 22.9 Å². The number of halogens is 2. The summed E-state index contributed by atoms with van der Waals surface area (Å²) in [7, 11) is 0. The number of amides is 2. The SMILES string of the molecule is Cc1ccc(-n2c(CN3CCN(C(=O)Nc4cc(F)ccc4F)CC3)nc3cccnc32)cc1. The highest BCUT2D eigenvalue weighted by Crippen LogP contribution is 2.22. The number of nitrogens with one attached hydrogen (secondary N) is 1. The van der Waals surface area contributed by atoms with E-state index in [0.717, 1.165) is 40.9 Å². The van der Waals surface area contributed by atoms with Crippen LogP contribution in [0.4, 0.5) is 19.3 Å². The fourth-order valence-corrected chi connectivity index (χ4v) is 4.13. The maximum absolute atomic E-state index is 13.9. The molecule has 0 unspecified atom stereocenters. The summed E-state index contributed by atoms with van der Waals surface area (Å²) in [6.45, 7) is 4.83. The summed E-state index contributed by atoms with van der Waals surface area (Å²) in [5, 5.41) is 2.47. The first-order valence-electron chi connectivity index (χ1n) is 11.1. The van der Waals surface area contributed by atoms with Crippen LogP contribution in [0.2, 0.25) is 0 Å². The Morgan fingerprint density at radius 1 is 1.03 bits per heavy atom. The molecule has 0 spiro atoms. The second-order valence-electron chi connectivity index (χ2n) is 8.36. The van der Waals surface area contributed by atoms with E-state index in [2.05, 4.69) is 44.0 Å². The molecule has 0 bridgehead atoms. The van der Waals surface area contributed by atoms with E-state index in [1.807, 2.05) is 19.1 Å². The number of fused-ring (bicyclic) bond motifs is 1. The fourth-order valence-electron chi connectivity index (χ4n) is 4.13. The van der Waals surface area contributed by atoms with Crippen molar-refractivity contribution in [2.24, 2.45) is 0 Å². The van der Waals surface area contributed by atoms with Crippen LogP contribution in [0, 0.1) is 18.6 Å². The van der Waals surface area contributed by atoms with Crippen molar-refractivity contribution in [3.63, 3.8) is 0 Å². The topological polar surface area (TPSA) is 66.3 Å². The van der Waals surface area contributed by atoms with Crippen LogP contribution in [-0.2, 0) is 6.54 Å². The number of carbonyl (C=O) groups excluding carboxylic acids is 1. The zero-order chi connectivity index (χ0) is 23.7. The Kier molecular flexibility index (Phi) is 5.93. The lowest BCUT2D eigenvalue weighted by Gasteiger charge is -2.34. The van der Waals surface area contributed by atoms with Crippen molar-refractivity contribution in [1.29, 1.82) is 0 Å². The summed E-state index contributed by atoms with van der Waals surface area (Å²) in [6.07, 6.45) is 1.76. The van der Waals surface area contributed by atoms with E-state index in [-0.39, 0.29) is 5.69 Å². The molecule has 7 nitrogen and oxygen atoms in total. The van der Waals surface area contributed by atoms with Crippen molar-refractivity contribution in [1.82, 2.24) is 24.3 Å². The highest BCUT2D eigenvalue weighted by Gasteiger charge is 2.24. The average Bonchev–Trinajstić information content (AvgIpc) is 3.20. The van der Waals surface area contributed by atoms with E-state index in [9.17, 15) is 13.6 Å². The summed E-state index contributed by atoms with van der Waals surface area (Å²) in [4.78, 5) is 25.8. The summed E-state index contributed by atoms with van der Waals surface area (Å²) in [5.41, 5.74) is 3.64. The summed E-state index contributed by atoms with van der Waals surface area (Å²) >= 11 is 0. The fraction of sp³-hybridized carbons (Fsp3) is 0.240. The highest BCUT2D eigenvalue weighted by atomic mass is 19.1. The van der Waals surface area contributed by atoms with Gasteiger partial charge >= 0.3 is 6.03 Å². The molecule has 0 saturated carbocycles. The zero-order valence-corrected chi connectivity index (χ0v) is 18.7. The molecular weight excluding hydrogens is 438 g/mol. The summed E-state index contributed by atoms with van der Waals surface area (Å²) < 4.78 is 29.3. The van der Waals surface area contributed by atoms with Crippen molar-refractivity contribution in [3.8, 4) is 5.69 Å². The number of aromatic nitrogens is 3. The molecule has 1 saturated heterocycles. The molecule has 0 aliphatic carbocycles. The van der Waals surface area contributed by atoms with Gasteiger partial charge < -0.3 is 10.2 Å². The van der Waals surface area contributed by atoms with Crippen molar-refractivity contribution < 1.29 is 13.6 Å². The Balaban J connectivity index is 1.29. The number of nitrogens with zero attached hydrogens (tertiary/aromatic N) is 5. The van der Waals surface area contributed by atoms with Gasteiger partial charge in [-0.2, -0.15) is 0 Å². The number of piperazine rings is 1. The van der Waals surface area contributed by atoms with Crippen molar-refractivity contribution in [2.75, 3.05) is 31.5 Å². The number of imidazole rings is 1. The van der Waals surface area contributed by atoms with Crippen molar-refractivity contribution in [3.05, 3.63) is 83.8 Å². The van der Waals surface area contributed by atoms with Crippen molar-refractivity contribution in [2.45, 2.75) is 13.5 Å². The molecule has 174 valence electrons. The van der Waals surface area contributed by atoms with E-state index in [1.54, 1.807) is 11.1 Å². The number of benzene rings is 2. The van der Waals surface area contributed by atoms with Gasteiger partial charge in [0, 0.05) is 44.1 Å². The first kappa shape index (κ1) is 22.0. The number of hydrogen-bond donors (Lipinski definition) is 1. The Morgan fingerprint density at radius 3 is 2.56 bits per heavy atom. The Labute approximate surface area is 195 Å². The normalized spacial score (nSPS) is 14.5. The first-order valence-corrected chi connectivity index (χ1v) is 11.1. The van der Waals surface area contributed by atoms with E-state index >= 15 is 0 Å². The maximum Gasteiger partial charge on any atom is 0.322 e. The van der Waals surface area contributed by atoms with E-state index < -0.39 is 17.7 Å². The first-order chi connectivity index (χ1) is 16.5. The van der Waals surface area contributed by atoms with Crippen LogP contribution in [0.15, 0.2) is 60.8 Å². The van der Waals surface area contributed by atoms with Crippen LogP contribution in [0.5, 0.6) is 0 Å². The predicted octanol–water partition coefficient (Wildman–Crippen LogP) is 4.36. The Bertz CT molecular complexity index is 1330. The van der Waals surface area contributed by atoms with Crippen LogP contribution >= 0.6 is 0 Å². The van der Waals surface area contributed by atoms with Gasteiger partial charge in [-0.15, -0.1) is 0 Å².